The third-order valence-corrected chi connectivity index (χ3v) is 15.3. The molecule has 2 aliphatic heterocycles. The Morgan fingerprint density at radius 3 is 2.05 bits per heavy atom. The Bertz CT molecular complexity index is 2560. The zero-order valence-electron chi connectivity index (χ0n) is 43.2. The van der Waals surface area contributed by atoms with Crippen LogP contribution in [0.1, 0.15) is 91.6 Å². The molecule has 1 saturated carbocycles. The number of nitrogens with zero attached hydrogens (tertiary/aromatic N) is 1. The largest absolute Gasteiger partial charge is 0.491 e. The molecule has 4 aromatic rings. The Morgan fingerprint density at radius 2 is 1.32 bits per heavy atom. The highest BCUT2D eigenvalue weighted by molar-refractivity contribution is 5.94. The van der Waals surface area contributed by atoms with Crippen molar-refractivity contribution in [1.82, 2.24) is 20.9 Å². The van der Waals surface area contributed by atoms with E-state index in [0.717, 1.165) is 79.4 Å². The lowest BCUT2D eigenvalue weighted by atomic mass is 9.82. The quantitative estimate of drug-likeness (QED) is 0.0477. The summed E-state index contributed by atoms with van der Waals surface area (Å²) >= 11 is 0. The second-order valence-corrected chi connectivity index (χ2v) is 20.1. The Hall–Kier alpha value is -6.03. The van der Waals surface area contributed by atoms with Crippen LogP contribution >= 0.6 is 0 Å². The molecule has 3 aliphatic carbocycles. The third-order valence-electron chi connectivity index (χ3n) is 15.3. The van der Waals surface area contributed by atoms with Crippen molar-refractivity contribution in [2.45, 2.75) is 107 Å². The topological polar surface area (TPSA) is 158 Å². The van der Waals surface area contributed by atoms with Crippen LogP contribution in [0, 0.1) is 5.92 Å². The highest BCUT2D eigenvalue weighted by Crippen LogP contribution is 2.41. The van der Waals surface area contributed by atoms with E-state index < -0.39 is 18.1 Å². The van der Waals surface area contributed by atoms with Crippen molar-refractivity contribution in [2.24, 2.45) is 5.92 Å². The number of allylic oxidation sites excluding steroid dienone is 2. The number of hydrogen-bond donors (Lipinski definition) is 4. The number of nitrogens with one attached hydrogen (secondary N) is 4. The van der Waals surface area contributed by atoms with Gasteiger partial charge in [-0.15, -0.1) is 0 Å². The van der Waals surface area contributed by atoms with E-state index in [1.807, 2.05) is 42.5 Å². The molecule has 9 rings (SSSR count). The van der Waals surface area contributed by atoms with Crippen molar-refractivity contribution in [3.05, 3.63) is 137 Å². The van der Waals surface area contributed by atoms with Crippen LogP contribution in [0.4, 0.5) is 5.69 Å². The number of aryl methyl sites for hydroxylation is 1. The summed E-state index contributed by atoms with van der Waals surface area (Å²) in [6.07, 6.45) is 16.7. The Labute approximate surface area is 436 Å². The molecule has 0 aromatic heterocycles. The van der Waals surface area contributed by atoms with Gasteiger partial charge in [-0.05, 0) is 121 Å². The molecular formula is C60H75N5O9. The number of fused-ring (bicyclic) bond motifs is 5. The predicted octanol–water partition coefficient (Wildman–Crippen LogP) is 8.00. The molecule has 0 radical (unpaired) electrons. The molecule has 2 heterocycles. The van der Waals surface area contributed by atoms with Gasteiger partial charge in [0, 0.05) is 24.6 Å². The summed E-state index contributed by atoms with van der Waals surface area (Å²) in [5, 5.41) is 13.1. The van der Waals surface area contributed by atoms with Gasteiger partial charge in [-0.1, -0.05) is 98.2 Å². The highest BCUT2D eigenvalue weighted by Gasteiger charge is 2.42. The first-order valence-electron chi connectivity index (χ1n) is 27.0. The first kappa shape index (κ1) is 52.8. The van der Waals surface area contributed by atoms with E-state index in [-0.39, 0.29) is 36.2 Å². The summed E-state index contributed by atoms with van der Waals surface area (Å²) in [5.41, 5.74) is 9.19. The van der Waals surface area contributed by atoms with Gasteiger partial charge in [-0.3, -0.25) is 14.4 Å². The zero-order valence-corrected chi connectivity index (χ0v) is 43.2. The van der Waals surface area contributed by atoms with E-state index >= 15 is 0 Å². The first-order valence-corrected chi connectivity index (χ1v) is 27.0. The average molecular weight is 1010 g/mol. The SMILES string of the molecule is CN[C@@H](C)C(=O)N[C@H](C(=O)N1Cc2cc(OCCOCCOCCOCCOCCOc3ccc(-c4ccc5c(c4)NC4C=CC=CC54)cc3)ccc2C[C@@H]1C(=O)N[C@H]1CCCc2ccccc21)C1CCCCC1. The minimum atomic E-state index is -0.731. The molecule has 0 saturated heterocycles. The van der Waals surface area contributed by atoms with E-state index in [1.54, 1.807) is 18.9 Å². The molecule has 0 spiro atoms. The van der Waals surface area contributed by atoms with Crippen molar-refractivity contribution < 1.29 is 42.8 Å². The van der Waals surface area contributed by atoms with E-state index in [0.29, 0.717) is 90.2 Å². The molecule has 2 unspecified atom stereocenters. The van der Waals surface area contributed by atoms with Crippen molar-refractivity contribution in [2.75, 3.05) is 78.4 Å². The molecule has 4 N–H and O–H groups in total. The van der Waals surface area contributed by atoms with Crippen LogP contribution in [0.3, 0.4) is 0 Å². The lowest BCUT2D eigenvalue weighted by Gasteiger charge is -2.41. The van der Waals surface area contributed by atoms with Crippen molar-refractivity contribution >= 4 is 23.4 Å². The number of benzene rings is 4. The molecule has 5 aliphatic rings. The molecule has 3 amide bonds. The molecule has 74 heavy (non-hydrogen) atoms. The fourth-order valence-electron chi connectivity index (χ4n) is 11.0. The Balaban J connectivity index is 0.664. The van der Waals surface area contributed by atoms with Gasteiger partial charge in [0.25, 0.3) is 0 Å². The van der Waals surface area contributed by atoms with Gasteiger partial charge in [0.05, 0.1) is 71.0 Å². The highest BCUT2D eigenvalue weighted by atomic mass is 16.6. The van der Waals surface area contributed by atoms with E-state index in [4.69, 9.17) is 28.4 Å². The van der Waals surface area contributed by atoms with Gasteiger partial charge >= 0.3 is 0 Å². The third kappa shape index (κ3) is 13.6. The Kier molecular flexibility index (Phi) is 18.9. The molecule has 0 bridgehead atoms. The van der Waals surface area contributed by atoms with Crippen LogP contribution in [-0.4, -0.2) is 120 Å². The molecule has 394 valence electrons. The second kappa shape index (κ2) is 26.5. The number of ether oxygens (including phenoxy) is 6. The van der Waals surface area contributed by atoms with Crippen molar-refractivity contribution in [1.29, 1.82) is 0 Å². The molecule has 4 aromatic carbocycles. The minimum absolute atomic E-state index is 0.00620. The summed E-state index contributed by atoms with van der Waals surface area (Å²) < 4.78 is 34.9. The van der Waals surface area contributed by atoms with Crippen molar-refractivity contribution in [3.63, 3.8) is 0 Å². The average Bonchev–Trinajstić information content (AvgIpc) is 3.82. The fraction of sp³-hybridized carbons (Fsp3) is 0.483. The smallest absolute Gasteiger partial charge is 0.246 e. The molecule has 1 fully saturated rings. The summed E-state index contributed by atoms with van der Waals surface area (Å²) in [7, 11) is 1.73. The summed E-state index contributed by atoms with van der Waals surface area (Å²) in [6.45, 7) is 6.33. The number of anilines is 1. The lowest BCUT2D eigenvalue weighted by Crippen LogP contribution is -2.60. The van der Waals surface area contributed by atoms with Crippen molar-refractivity contribution in [3.8, 4) is 22.6 Å². The standard InChI is InChI=1S/C60H75N5O9/c1-41(61-2)58(66)64-57(44-12-4-3-5-13-44)60(68)65-40-47-37-49(25-21-46(47)39-56(65)59(67)63-53-18-10-14-43-11-6-7-15-50(43)53)74-36-34-72-32-30-70-28-27-69-29-31-71-33-35-73-48-23-19-42(20-24-48)45-22-26-52-51-16-8-9-17-54(51)62-55(52)38-45/h6-9,11,15-17,19-26,37-38,41,44,51,53-54,56-57,61-62H,3-5,10,12-14,18,27-36,39-40H2,1-2H3,(H,63,67)(H,64,66)/t41-,51?,53-,54?,56+,57-/m0/s1. The summed E-state index contributed by atoms with van der Waals surface area (Å²) in [5.74, 6) is 1.26. The van der Waals surface area contributed by atoms with Gasteiger partial charge in [0.15, 0.2) is 0 Å². The lowest BCUT2D eigenvalue weighted by molar-refractivity contribution is -0.146. The zero-order chi connectivity index (χ0) is 51.1. The maximum atomic E-state index is 14.9. The molecule has 14 nitrogen and oxygen atoms in total. The number of rotatable bonds is 25. The van der Waals surface area contributed by atoms with Gasteiger partial charge < -0.3 is 54.6 Å². The second-order valence-electron chi connectivity index (χ2n) is 20.1. The van der Waals surface area contributed by atoms with Crippen LogP contribution in [0.5, 0.6) is 11.5 Å². The molecule has 6 atom stereocenters. The van der Waals surface area contributed by atoms with Gasteiger partial charge in [-0.25, -0.2) is 0 Å². The van der Waals surface area contributed by atoms with E-state index in [9.17, 15) is 14.4 Å². The molecular weight excluding hydrogens is 935 g/mol. The maximum Gasteiger partial charge on any atom is 0.246 e. The van der Waals surface area contributed by atoms with Crippen LogP contribution in [0.25, 0.3) is 11.1 Å². The van der Waals surface area contributed by atoms with E-state index in [1.165, 1.54) is 22.4 Å². The number of likely N-dealkylation sites (N-methyl/N-ethyl adjacent to an activating group) is 1. The first-order chi connectivity index (χ1) is 36.3. The van der Waals surface area contributed by atoms with Gasteiger partial charge in [-0.2, -0.15) is 0 Å². The number of carbonyl (C=O) groups excluding carboxylic acids is 3. The number of carbonyl (C=O) groups is 3. The summed E-state index contributed by atoms with van der Waals surface area (Å²) in [4.78, 5) is 44.4. The maximum absolute atomic E-state index is 14.9. The minimum Gasteiger partial charge on any atom is -0.491 e. The van der Waals surface area contributed by atoms with Crippen LogP contribution < -0.4 is 30.7 Å². The van der Waals surface area contributed by atoms with Crippen LogP contribution in [0.2, 0.25) is 0 Å². The van der Waals surface area contributed by atoms with E-state index in [2.05, 4.69) is 88.0 Å². The van der Waals surface area contributed by atoms with Crippen LogP contribution in [-0.2, 0) is 52.7 Å². The normalized spacial score (nSPS) is 20.5. The molecule has 14 heteroatoms. The number of hydrogen-bond acceptors (Lipinski definition) is 11. The number of amides is 3. The van der Waals surface area contributed by atoms with Gasteiger partial charge in [0.2, 0.25) is 17.7 Å². The predicted molar refractivity (Wildman–Crippen MR) is 286 cm³/mol. The monoisotopic (exact) mass is 1010 g/mol. The van der Waals surface area contributed by atoms with Crippen LogP contribution in [0.15, 0.2) is 109 Å². The summed E-state index contributed by atoms with van der Waals surface area (Å²) in [6, 6.07) is 27.3. The fourth-order valence-corrected chi connectivity index (χ4v) is 11.0. The van der Waals surface area contributed by atoms with Gasteiger partial charge in [0.1, 0.15) is 36.8 Å². The Morgan fingerprint density at radius 1 is 0.662 bits per heavy atom.